The summed E-state index contributed by atoms with van der Waals surface area (Å²) >= 11 is 2.24. The van der Waals surface area contributed by atoms with E-state index in [-0.39, 0.29) is 24.2 Å². The van der Waals surface area contributed by atoms with Crippen LogP contribution in [0.25, 0.3) is 0 Å². The Morgan fingerprint density at radius 3 is 2.61 bits per heavy atom. The Morgan fingerprint density at radius 1 is 1.35 bits per heavy atom. The summed E-state index contributed by atoms with van der Waals surface area (Å²) in [5.41, 5.74) is 1.03. The number of halogens is 1. The van der Waals surface area contributed by atoms with Gasteiger partial charge in [-0.15, -0.1) is 0 Å². The molecule has 0 spiro atoms. The van der Waals surface area contributed by atoms with Crippen molar-refractivity contribution in [3.63, 3.8) is 0 Å². The van der Waals surface area contributed by atoms with Crippen LogP contribution < -0.4 is 0 Å². The summed E-state index contributed by atoms with van der Waals surface area (Å²) in [4.78, 5) is 11.4. The summed E-state index contributed by atoms with van der Waals surface area (Å²) in [6.45, 7) is 2.38. The highest BCUT2D eigenvalue weighted by molar-refractivity contribution is 14.1. The van der Waals surface area contributed by atoms with E-state index in [4.69, 9.17) is 14.6 Å². The number of aliphatic hydroxyl groups excluding tert-OH is 1. The van der Waals surface area contributed by atoms with Crippen LogP contribution in [0.15, 0.2) is 36.1 Å². The van der Waals surface area contributed by atoms with Crippen molar-refractivity contribution in [3.05, 3.63) is 45.2 Å². The summed E-state index contributed by atoms with van der Waals surface area (Å²) < 4.78 is 12.3. The zero-order chi connectivity index (χ0) is 16.8. The third-order valence-corrected chi connectivity index (χ3v) is 4.60. The first kappa shape index (κ1) is 18.2. The number of ether oxygens (including phenoxy) is 2. The smallest absolute Gasteiger partial charge is 0.370 e. The number of carboxylic acid groups (broad SMARTS) is 1. The van der Waals surface area contributed by atoms with E-state index < -0.39 is 12.3 Å². The molecule has 0 unspecified atom stereocenters. The van der Waals surface area contributed by atoms with Crippen molar-refractivity contribution < 1.29 is 24.5 Å². The largest absolute Gasteiger partial charge is 0.475 e. The maximum absolute atomic E-state index is 11.4. The normalized spacial score (nSPS) is 24.0. The van der Waals surface area contributed by atoms with Crippen LogP contribution in [0.2, 0.25) is 0 Å². The molecule has 0 aromatic heterocycles. The van der Waals surface area contributed by atoms with Gasteiger partial charge in [0.15, 0.2) is 0 Å². The maximum atomic E-state index is 11.4. The van der Waals surface area contributed by atoms with E-state index in [9.17, 15) is 9.90 Å². The second-order valence-electron chi connectivity index (χ2n) is 5.38. The molecule has 126 valence electrons. The predicted molar refractivity (Wildman–Crippen MR) is 93.9 cm³/mol. The van der Waals surface area contributed by atoms with Crippen LogP contribution in [0, 0.1) is 9.49 Å². The van der Waals surface area contributed by atoms with Crippen molar-refractivity contribution in [2.75, 3.05) is 13.2 Å². The Hall–Kier alpha value is -1.12. The molecular weight excluding hydrogens is 411 g/mol. The summed E-state index contributed by atoms with van der Waals surface area (Å²) in [5, 5.41) is 18.5. The summed E-state index contributed by atoms with van der Waals surface area (Å²) in [6, 6.07) is 8.00. The molecule has 1 aromatic rings. The number of aliphatic hydroxyl groups is 1. The first-order valence-corrected chi connectivity index (χ1v) is 8.74. The minimum atomic E-state index is -1.09. The van der Waals surface area contributed by atoms with Gasteiger partial charge in [0.1, 0.15) is 0 Å². The first-order chi connectivity index (χ1) is 11.1. The van der Waals surface area contributed by atoms with Crippen LogP contribution in [0.1, 0.15) is 31.2 Å². The van der Waals surface area contributed by atoms with E-state index in [2.05, 4.69) is 22.6 Å². The number of aliphatic carboxylic acids is 1. The fourth-order valence-electron chi connectivity index (χ4n) is 2.82. The van der Waals surface area contributed by atoms with Gasteiger partial charge in [0.25, 0.3) is 0 Å². The zero-order valence-electron chi connectivity index (χ0n) is 12.9. The van der Waals surface area contributed by atoms with Gasteiger partial charge in [0, 0.05) is 28.6 Å². The average molecular weight is 432 g/mol. The Balaban J connectivity index is 2.38. The van der Waals surface area contributed by atoms with Crippen molar-refractivity contribution >= 4 is 28.6 Å². The summed E-state index contributed by atoms with van der Waals surface area (Å²) in [6.07, 6.45) is 2.35. The van der Waals surface area contributed by atoms with Crippen LogP contribution in [0.3, 0.4) is 0 Å². The van der Waals surface area contributed by atoms with Crippen LogP contribution >= 0.6 is 22.6 Å². The third-order valence-electron chi connectivity index (χ3n) is 3.88. The van der Waals surface area contributed by atoms with Gasteiger partial charge in [0.2, 0.25) is 12.0 Å². The van der Waals surface area contributed by atoms with Gasteiger partial charge < -0.3 is 19.7 Å². The molecule has 1 heterocycles. The molecule has 0 saturated heterocycles. The van der Waals surface area contributed by atoms with Crippen molar-refractivity contribution in [3.8, 4) is 0 Å². The maximum Gasteiger partial charge on any atom is 0.370 e. The Labute approximate surface area is 149 Å². The van der Waals surface area contributed by atoms with Gasteiger partial charge in [0.05, 0.1) is 0 Å². The molecule has 0 amide bonds. The lowest BCUT2D eigenvalue weighted by Gasteiger charge is -2.36. The molecule has 0 fully saturated rings. The van der Waals surface area contributed by atoms with Crippen LogP contribution in [-0.2, 0) is 14.3 Å². The van der Waals surface area contributed by atoms with Crippen LogP contribution in [0.5, 0.6) is 0 Å². The van der Waals surface area contributed by atoms with Gasteiger partial charge in [-0.2, -0.15) is 0 Å². The van der Waals surface area contributed by atoms with Crippen molar-refractivity contribution in [2.45, 2.75) is 32.0 Å². The molecule has 0 aliphatic carbocycles. The number of hydrogen-bond donors (Lipinski definition) is 2. The van der Waals surface area contributed by atoms with E-state index in [1.54, 1.807) is 6.08 Å². The molecular formula is C17H21IO5. The minimum absolute atomic E-state index is 0.0368. The number of rotatable bonds is 7. The van der Waals surface area contributed by atoms with E-state index in [0.29, 0.717) is 19.4 Å². The lowest BCUT2D eigenvalue weighted by atomic mass is 9.80. The molecule has 1 aromatic carbocycles. The minimum Gasteiger partial charge on any atom is -0.475 e. The van der Waals surface area contributed by atoms with Gasteiger partial charge in [-0.05, 0) is 66.1 Å². The molecule has 23 heavy (non-hydrogen) atoms. The molecule has 3 atom stereocenters. The van der Waals surface area contributed by atoms with Gasteiger partial charge in [-0.25, -0.2) is 4.79 Å². The molecule has 2 rings (SSSR count). The fraction of sp³-hybridized carbons (Fsp3) is 0.471. The van der Waals surface area contributed by atoms with Crippen molar-refractivity contribution in [2.24, 2.45) is 5.92 Å². The molecule has 1 aliphatic rings. The van der Waals surface area contributed by atoms with Crippen LogP contribution in [-0.4, -0.2) is 35.7 Å². The Morgan fingerprint density at radius 2 is 2.04 bits per heavy atom. The standard InChI is InChI=1S/C17H21IO5/c1-2-22-17-13(4-3-9-19)14(10-15(23-17)16(20)21)11-5-7-12(18)8-6-11/h5-8,10,13-14,17,19H,2-4,9H2,1H3,(H,20,21)/t13-,14+,17+/m1/s1. The number of carbonyl (C=O) groups is 1. The quantitative estimate of drug-likeness (QED) is 0.648. The molecule has 0 radical (unpaired) electrons. The van der Waals surface area contributed by atoms with Gasteiger partial charge >= 0.3 is 5.97 Å². The average Bonchev–Trinajstić information content (AvgIpc) is 2.54. The first-order valence-electron chi connectivity index (χ1n) is 7.66. The van der Waals surface area contributed by atoms with Gasteiger partial charge in [-0.1, -0.05) is 12.1 Å². The lowest BCUT2D eigenvalue weighted by Crippen LogP contribution is -2.36. The van der Waals surface area contributed by atoms with Gasteiger partial charge in [-0.3, -0.25) is 0 Å². The number of benzene rings is 1. The monoisotopic (exact) mass is 432 g/mol. The molecule has 0 bridgehead atoms. The predicted octanol–water partition coefficient (Wildman–Crippen LogP) is 3.12. The summed E-state index contributed by atoms with van der Waals surface area (Å²) in [7, 11) is 0. The van der Waals surface area contributed by atoms with Crippen molar-refractivity contribution in [1.29, 1.82) is 0 Å². The molecule has 5 nitrogen and oxygen atoms in total. The zero-order valence-corrected chi connectivity index (χ0v) is 15.1. The third kappa shape index (κ3) is 4.68. The number of hydrogen-bond acceptors (Lipinski definition) is 4. The van der Waals surface area contributed by atoms with E-state index >= 15 is 0 Å². The van der Waals surface area contributed by atoms with E-state index in [1.807, 2.05) is 31.2 Å². The highest BCUT2D eigenvalue weighted by atomic mass is 127. The SMILES string of the molecule is CCO[C@H]1OC(C(=O)O)=C[C@@H](c2ccc(I)cc2)[C@H]1CCCO. The highest BCUT2D eigenvalue weighted by Crippen LogP contribution is 2.39. The van der Waals surface area contributed by atoms with E-state index in [1.165, 1.54) is 0 Å². The topological polar surface area (TPSA) is 76.0 Å². The number of carboxylic acids is 1. The second-order valence-corrected chi connectivity index (χ2v) is 6.63. The van der Waals surface area contributed by atoms with Crippen LogP contribution in [0.4, 0.5) is 0 Å². The fourth-order valence-corrected chi connectivity index (χ4v) is 3.18. The molecule has 2 N–H and O–H groups in total. The Bertz CT molecular complexity index is 555. The highest BCUT2D eigenvalue weighted by Gasteiger charge is 2.37. The molecule has 6 heteroatoms. The lowest BCUT2D eigenvalue weighted by molar-refractivity contribution is -0.173. The molecule has 0 saturated carbocycles. The van der Waals surface area contributed by atoms with Crippen molar-refractivity contribution in [1.82, 2.24) is 0 Å². The second kappa shape index (κ2) is 8.65. The Kier molecular flexibility index (Phi) is 6.86. The van der Waals surface area contributed by atoms with E-state index in [0.717, 1.165) is 9.13 Å². The molecule has 1 aliphatic heterocycles. The number of allylic oxidation sites excluding steroid dienone is 1. The summed E-state index contributed by atoms with van der Waals surface area (Å²) in [5.74, 6) is -1.32.